The summed E-state index contributed by atoms with van der Waals surface area (Å²) in [7, 11) is 0. The minimum atomic E-state index is -0.733. The van der Waals surface area contributed by atoms with Gasteiger partial charge in [-0.3, -0.25) is 0 Å². The number of rotatable bonds is 5. The zero-order chi connectivity index (χ0) is 13.2. The van der Waals surface area contributed by atoms with Crippen molar-refractivity contribution in [2.24, 2.45) is 5.73 Å². The first-order valence-electron chi connectivity index (χ1n) is 5.80. The van der Waals surface area contributed by atoms with E-state index < -0.39 is 5.54 Å². The molecule has 6 heteroatoms. The van der Waals surface area contributed by atoms with Crippen LogP contribution in [0.5, 0.6) is 0 Å². The maximum Gasteiger partial charge on any atom is 0.268 e. The van der Waals surface area contributed by atoms with Crippen LogP contribution in [-0.2, 0) is 10.3 Å². The Morgan fingerprint density at radius 1 is 1.56 bits per heavy atom. The molecule has 1 unspecified atom stereocenters. The molecule has 0 spiro atoms. The minimum Gasteiger partial charge on any atom is -0.379 e. The molecule has 18 heavy (non-hydrogen) atoms. The molecule has 2 N–H and O–H groups in total. The molecule has 0 aliphatic rings. The number of hydrogen-bond donors (Lipinski definition) is 1. The van der Waals surface area contributed by atoms with Crippen LogP contribution < -0.4 is 5.73 Å². The number of aryl methyl sites for hydroxylation is 1. The lowest BCUT2D eigenvalue weighted by molar-refractivity contribution is 0.0962. The van der Waals surface area contributed by atoms with Crippen LogP contribution in [0.15, 0.2) is 16.0 Å². The van der Waals surface area contributed by atoms with Crippen LogP contribution in [0.4, 0.5) is 0 Å². The second-order valence-corrected chi connectivity index (χ2v) is 5.33. The molecule has 0 aliphatic heterocycles. The first-order chi connectivity index (χ1) is 8.54. The topological polar surface area (TPSA) is 74.2 Å². The predicted molar refractivity (Wildman–Crippen MR) is 70.4 cm³/mol. The SMILES string of the molecule is CCOCC(C)(N)c1noc(-c2sccc2C)n1. The van der Waals surface area contributed by atoms with Gasteiger partial charge in [0.15, 0.2) is 5.82 Å². The molecule has 98 valence electrons. The Balaban J connectivity index is 2.23. The van der Waals surface area contributed by atoms with E-state index in [0.717, 1.165) is 10.4 Å². The highest BCUT2D eigenvalue weighted by atomic mass is 32.1. The van der Waals surface area contributed by atoms with Crippen molar-refractivity contribution in [1.82, 2.24) is 10.1 Å². The van der Waals surface area contributed by atoms with Crippen LogP contribution >= 0.6 is 11.3 Å². The monoisotopic (exact) mass is 267 g/mol. The average molecular weight is 267 g/mol. The van der Waals surface area contributed by atoms with Crippen LogP contribution in [0.2, 0.25) is 0 Å². The second kappa shape index (κ2) is 5.17. The van der Waals surface area contributed by atoms with E-state index in [1.807, 2.05) is 32.2 Å². The van der Waals surface area contributed by atoms with Gasteiger partial charge in [0.2, 0.25) is 0 Å². The van der Waals surface area contributed by atoms with Gasteiger partial charge in [0, 0.05) is 6.61 Å². The summed E-state index contributed by atoms with van der Waals surface area (Å²) in [5.74, 6) is 0.990. The normalized spacial score (nSPS) is 14.7. The highest BCUT2D eigenvalue weighted by molar-refractivity contribution is 7.13. The zero-order valence-corrected chi connectivity index (χ0v) is 11.6. The molecular formula is C12H17N3O2S. The lowest BCUT2D eigenvalue weighted by Crippen LogP contribution is -2.39. The van der Waals surface area contributed by atoms with Gasteiger partial charge in [0.25, 0.3) is 5.89 Å². The molecule has 0 amide bonds. The number of ether oxygens (including phenoxy) is 1. The van der Waals surface area contributed by atoms with Crippen LogP contribution in [0, 0.1) is 6.92 Å². The third-order valence-corrected chi connectivity index (χ3v) is 3.60. The molecule has 0 saturated carbocycles. The molecular weight excluding hydrogens is 250 g/mol. The predicted octanol–water partition coefficient (Wildman–Crippen LogP) is 2.32. The molecule has 2 aromatic rings. The molecule has 1 atom stereocenters. The smallest absolute Gasteiger partial charge is 0.268 e. The Morgan fingerprint density at radius 3 is 2.94 bits per heavy atom. The van der Waals surface area contributed by atoms with E-state index in [2.05, 4.69) is 10.1 Å². The maximum atomic E-state index is 6.12. The number of thiophene rings is 1. The summed E-state index contributed by atoms with van der Waals surface area (Å²) in [5, 5.41) is 5.95. The number of hydrogen-bond acceptors (Lipinski definition) is 6. The third-order valence-electron chi connectivity index (χ3n) is 2.60. The third kappa shape index (κ3) is 2.60. The van der Waals surface area contributed by atoms with Crippen molar-refractivity contribution < 1.29 is 9.26 Å². The highest BCUT2D eigenvalue weighted by Crippen LogP contribution is 2.28. The zero-order valence-electron chi connectivity index (χ0n) is 10.8. The first kappa shape index (κ1) is 13.2. The Kier molecular flexibility index (Phi) is 3.79. The van der Waals surface area contributed by atoms with Gasteiger partial charge in [0.1, 0.15) is 5.54 Å². The summed E-state index contributed by atoms with van der Waals surface area (Å²) in [6.07, 6.45) is 0. The molecule has 0 fully saturated rings. The molecule has 0 radical (unpaired) electrons. The van der Waals surface area contributed by atoms with Crippen molar-refractivity contribution in [3.05, 3.63) is 22.8 Å². The quantitative estimate of drug-likeness (QED) is 0.899. The molecule has 0 aliphatic carbocycles. The van der Waals surface area contributed by atoms with Gasteiger partial charge >= 0.3 is 0 Å². The Morgan fingerprint density at radius 2 is 2.33 bits per heavy atom. The fourth-order valence-corrected chi connectivity index (χ4v) is 2.36. The molecule has 0 aromatic carbocycles. The molecule has 2 rings (SSSR count). The fraction of sp³-hybridized carbons (Fsp3) is 0.500. The lowest BCUT2D eigenvalue weighted by Gasteiger charge is -2.19. The molecule has 0 bridgehead atoms. The Labute approximate surface area is 110 Å². The summed E-state index contributed by atoms with van der Waals surface area (Å²) in [5.41, 5.74) is 6.51. The van der Waals surface area contributed by atoms with E-state index in [1.54, 1.807) is 11.3 Å². The van der Waals surface area contributed by atoms with Crippen molar-refractivity contribution >= 4 is 11.3 Å². The molecule has 2 aromatic heterocycles. The van der Waals surface area contributed by atoms with E-state index in [-0.39, 0.29) is 0 Å². The lowest BCUT2D eigenvalue weighted by atomic mass is 10.1. The summed E-state index contributed by atoms with van der Waals surface area (Å²) < 4.78 is 10.6. The van der Waals surface area contributed by atoms with Gasteiger partial charge in [-0.25, -0.2) is 0 Å². The highest BCUT2D eigenvalue weighted by Gasteiger charge is 2.28. The van der Waals surface area contributed by atoms with E-state index in [9.17, 15) is 0 Å². The largest absolute Gasteiger partial charge is 0.379 e. The van der Waals surface area contributed by atoms with E-state index in [0.29, 0.717) is 24.9 Å². The fourth-order valence-electron chi connectivity index (χ4n) is 1.52. The first-order valence-corrected chi connectivity index (χ1v) is 6.68. The van der Waals surface area contributed by atoms with Gasteiger partial charge < -0.3 is 15.0 Å². The second-order valence-electron chi connectivity index (χ2n) is 4.41. The maximum absolute atomic E-state index is 6.12. The Hall–Kier alpha value is -1.24. The van der Waals surface area contributed by atoms with E-state index in [1.165, 1.54) is 0 Å². The van der Waals surface area contributed by atoms with Gasteiger partial charge in [-0.1, -0.05) is 5.16 Å². The van der Waals surface area contributed by atoms with Gasteiger partial charge in [-0.2, -0.15) is 4.98 Å². The number of nitrogens with zero attached hydrogens (tertiary/aromatic N) is 2. The molecule has 0 saturated heterocycles. The van der Waals surface area contributed by atoms with Crippen molar-refractivity contribution in [2.75, 3.05) is 13.2 Å². The van der Waals surface area contributed by atoms with Crippen LogP contribution in [0.1, 0.15) is 25.2 Å². The van der Waals surface area contributed by atoms with Crippen molar-refractivity contribution in [1.29, 1.82) is 0 Å². The van der Waals surface area contributed by atoms with Gasteiger partial charge in [-0.15, -0.1) is 11.3 Å². The van der Waals surface area contributed by atoms with Gasteiger partial charge in [-0.05, 0) is 37.8 Å². The minimum absolute atomic E-state index is 0.367. The van der Waals surface area contributed by atoms with Crippen LogP contribution in [-0.4, -0.2) is 23.4 Å². The average Bonchev–Trinajstić information content (AvgIpc) is 2.94. The summed E-state index contributed by atoms with van der Waals surface area (Å²) >= 11 is 1.58. The van der Waals surface area contributed by atoms with Crippen LogP contribution in [0.25, 0.3) is 10.8 Å². The molecule has 5 nitrogen and oxygen atoms in total. The summed E-state index contributed by atoms with van der Waals surface area (Å²) in [4.78, 5) is 5.35. The number of aromatic nitrogens is 2. The van der Waals surface area contributed by atoms with Gasteiger partial charge in [0.05, 0.1) is 11.5 Å². The summed E-state index contributed by atoms with van der Waals surface area (Å²) in [6.45, 7) is 6.75. The number of nitrogens with two attached hydrogens (primary N) is 1. The van der Waals surface area contributed by atoms with Crippen molar-refractivity contribution in [2.45, 2.75) is 26.3 Å². The Bertz CT molecular complexity index is 519. The van der Waals surface area contributed by atoms with E-state index in [4.69, 9.17) is 15.0 Å². The molecule has 2 heterocycles. The standard InChI is InChI=1S/C12H17N3O2S/c1-4-16-7-12(3,13)11-14-10(17-15-11)9-8(2)5-6-18-9/h5-6H,4,7,13H2,1-3H3. The van der Waals surface area contributed by atoms with Crippen LogP contribution in [0.3, 0.4) is 0 Å². The van der Waals surface area contributed by atoms with Crippen molar-refractivity contribution in [3.63, 3.8) is 0 Å². The summed E-state index contributed by atoms with van der Waals surface area (Å²) in [6, 6.07) is 2.02. The van der Waals surface area contributed by atoms with Crippen molar-refractivity contribution in [3.8, 4) is 10.8 Å². The van der Waals surface area contributed by atoms with E-state index >= 15 is 0 Å².